The van der Waals surface area contributed by atoms with Crippen LogP contribution in [-0.4, -0.2) is 42.3 Å². The van der Waals surface area contributed by atoms with Gasteiger partial charge in [-0.05, 0) is 56.4 Å². The molecule has 0 aliphatic rings. The highest BCUT2D eigenvalue weighted by atomic mass is 32.1. The minimum Gasteiger partial charge on any atom is -0.347 e. The number of fused-ring (bicyclic) bond motifs is 1. The number of pyridine rings is 1. The van der Waals surface area contributed by atoms with Crippen molar-refractivity contribution in [2.24, 2.45) is 0 Å². The molecule has 31 heavy (non-hydrogen) atoms. The average Bonchev–Trinajstić information content (AvgIpc) is 3.01. The quantitative estimate of drug-likeness (QED) is 0.594. The molecule has 0 spiro atoms. The van der Waals surface area contributed by atoms with E-state index in [1.807, 2.05) is 0 Å². The molecule has 0 unspecified atom stereocenters. The number of amides is 2. The van der Waals surface area contributed by atoms with Crippen LogP contribution in [-0.2, 0) is 17.5 Å². The second kappa shape index (κ2) is 9.03. The maximum absolute atomic E-state index is 12.9. The van der Waals surface area contributed by atoms with Crippen LogP contribution in [0, 0.1) is 6.92 Å². The molecular weight excluding hydrogens is 429 g/mol. The van der Waals surface area contributed by atoms with E-state index in [4.69, 9.17) is 0 Å². The van der Waals surface area contributed by atoms with Crippen LogP contribution in [0.15, 0.2) is 36.4 Å². The van der Waals surface area contributed by atoms with E-state index in [9.17, 15) is 22.8 Å². The van der Waals surface area contributed by atoms with Crippen LogP contribution >= 0.6 is 11.3 Å². The third-order valence-electron chi connectivity index (χ3n) is 4.42. The molecule has 0 aliphatic heterocycles. The zero-order chi connectivity index (χ0) is 22.8. The lowest BCUT2D eigenvalue weighted by atomic mass is 10.1. The van der Waals surface area contributed by atoms with Crippen LogP contribution in [0.3, 0.4) is 0 Å². The number of nitrogens with one attached hydrogen (secondary N) is 2. The molecule has 2 N–H and O–H groups in total. The van der Waals surface area contributed by atoms with Gasteiger partial charge in [0.15, 0.2) is 0 Å². The number of hydrogen-bond donors (Lipinski definition) is 2. The minimum absolute atomic E-state index is 0.155. The molecule has 2 aromatic heterocycles. The first-order valence-corrected chi connectivity index (χ1v) is 10.2. The second-order valence-electron chi connectivity index (χ2n) is 7.27. The van der Waals surface area contributed by atoms with Gasteiger partial charge in [-0.1, -0.05) is 12.1 Å². The first kappa shape index (κ1) is 22.7. The van der Waals surface area contributed by atoms with E-state index in [1.54, 1.807) is 50.2 Å². The van der Waals surface area contributed by atoms with Crippen LogP contribution in [0.2, 0.25) is 0 Å². The number of aryl methyl sites for hydroxylation is 1. The first-order valence-electron chi connectivity index (χ1n) is 9.33. The van der Waals surface area contributed by atoms with Crippen LogP contribution in [0.5, 0.6) is 0 Å². The van der Waals surface area contributed by atoms with Crippen LogP contribution in [0.4, 0.5) is 18.9 Å². The number of thiophene rings is 1. The van der Waals surface area contributed by atoms with Gasteiger partial charge in [-0.2, -0.15) is 13.2 Å². The van der Waals surface area contributed by atoms with Gasteiger partial charge in [0.2, 0.25) is 5.91 Å². The molecule has 164 valence electrons. The van der Waals surface area contributed by atoms with Crippen molar-refractivity contribution >= 4 is 39.1 Å². The Morgan fingerprint density at radius 3 is 2.58 bits per heavy atom. The summed E-state index contributed by atoms with van der Waals surface area (Å²) in [5, 5.41) is 6.08. The Bertz CT molecular complexity index is 1130. The summed E-state index contributed by atoms with van der Waals surface area (Å²) in [6.45, 7) is 2.13. The summed E-state index contributed by atoms with van der Waals surface area (Å²) in [5.41, 5.74) is 0.984. The van der Waals surface area contributed by atoms with Crippen molar-refractivity contribution in [1.29, 1.82) is 0 Å². The van der Waals surface area contributed by atoms with Gasteiger partial charge in [-0.3, -0.25) is 9.59 Å². The normalized spacial score (nSPS) is 11.7. The van der Waals surface area contributed by atoms with Gasteiger partial charge in [0.25, 0.3) is 5.91 Å². The predicted octanol–water partition coefficient (Wildman–Crippen LogP) is 4.05. The largest absolute Gasteiger partial charge is 0.433 e. The number of hydrogen-bond acceptors (Lipinski definition) is 5. The fourth-order valence-electron chi connectivity index (χ4n) is 2.98. The average molecular weight is 450 g/mol. The molecule has 6 nitrogen and oxygen atoms in total. The number of benzene rings is 1. The number of rotatable bonds is 6. The maximum atomic E-state index is 12.9. The number of halogens is 3. The highest BCUT2D eigenvalue weighted by Crippen LogP contribution is 2.34. The van der Waals surface area contributed by atoms with E-state index in [2.05, 4.69) is 15.6 Å². The van der Waals surface area contributed by atoms with Crippen molar-refractivity contribution in [3.63, 3.8) is 0 Å². The molecule has 0 fully saturated rings. The third kappa shape index (κ3) is 5.59. The molecule has 0 saturated heterocycles. The highest BCUT2D eigenvalue weighted by Gasteiger charge is 2.33. The molecule has 0 radical (unpaired) electrons. The molecule has 0 atom stereocenters. The van der Waals surface area contributed by atoms with Crippen LogP contribution in [0.25, 0.3) is 10.2 Å². The number of nitrogens with zero attached hydrogens (tertiary/aromatic N) is 2. The van der Waals surface area contributed by atoms with E-state index in [1.165, 1.54) is 6.07 Å². The van der Waals surface area contributed by atoms with Gasteiger partial charge < -0.3 is 15.5 Å². The van der Waals surface area contributed by atoms with Crippen molar-refractivity contribution in [2.45, 2.75) is 19.6 Å². The smallest absolute Gasteiger partial charge is 0.347 e. The topological polar surface area (TPSA) is 74.3 Å². The number of anilines is 1. The first-order chi connectivity index (χ1) is 14.5. The molecule has 0 aliphatic carbocycles. The predicted molar refractivity (Wildman–Crippen MR) is 114 cm³/mol. The Balaban J connectivity index is 1.71. The van der Waals surface area contributed by atoms with Crippen molar-refractivity contribution in [2.75, 3.05) is 26.0 Å². The van der Waals surface area contributed by atoms with E-state index in [0.29, 0.717) is 21.5 Å². The van der Waals surface area contributed by atoms with Crippen molar-refractivity contribution in [1.82, 2.24) is 15.2 Å². The molecule has 2 amide bonds. The molecular formula is C21H21F3N4O2S. The summed E-state index contributed by atoms with van der Waals surface area (Å²) >= 11 is 0.930. The Morgan fingerprint density at radius 1 is 1.16 bits per heavy atom. The summed E-state index contributed by atoms with van der Waals surface area (Å²) in [5.74, 6) is -0.547. The second-order valence-corrected chi connectivity index (χ2v) is 8.27. The monoisotopic (exact) mass is 450 g/mol. The Labute approximate surface area is 181 Å². The number of aromatic nitrogens is 1. The van der Waals surface area contributed by atoms with Gasteiger partial charge in [-0.15, -0.1) is 11.3 Å². The van der Waals surface area contributed by atoms with Crippen molar-refractivity contribution < 1.29 is 22.8 Å². The Hall–Kier alpha value is -2.98. The number of alkyl halides is 3. The molecule has 1 aromatic carbocycles. The molecule has 10 heteroatoms. The van der Waals surface area contributed by atoms with Crippen molar-refractivity contribution in [3.05, 3.63) is 58.1 Å². The third-order valence-corrected chi connectivity index (χ3v) is 5.62. The molecule has 3 rings (SSSR count). The summed E-state index contributed by atoms with van der Waals surface area (Å²) in [6.07, 6.45) is -4.54. The lowest BCUT2D eigenvalue weighted by molar-refractivity contribution is -0.140. The Morgan fingerprint density at radius 2 is 1.90 bits per heavy atom. The fourth-order valence-corrected chi connectivity index (χ4v) is 4.08. The fraction of sp³-hybridized carbons (Fsp3) is 0.286. The van der Waals surface area contributed by atoms with Gasteiger partial charge in [0.1, 0.15) is 10.5 Å². The summed E-state index contributed by atoms with van der Waals surface area (Å²) in [4.78, 5) is 30.4. The number of carbonyl (C=O) groups excluding carboxylic acids is 2. The van der Waals surface area contributed by atoms with Gasteiger partial charge >= 0.3 is 6.18 Å². The van der Waals surface area contributed by atoms with E-state index in [-0.39, 0.29) is 23.8 Å². The zero-order valence-electron chi connectivity index (χ0n) is 17.1. The molecule has 3 aromatic rings. The maximum Gasteiger partial charge on any atom is 0.433 e. The summed E-state index contributed by atoms with van der Waals surface area (Å²) in [6, 6.07) is 9.33. The van der Waals surface area contributed by atoms with E-state index < -0.39 is 17.8 Å². The van der Waals surface area contributed by atoms with Crippen LogP contribution < -0.4 is 10.6 Å². The van der Waals surface area contributed by atoms with Gasteiger partial charge in [0.05, 0.1) is 11.4 Å². The summed E-state index contributed by atoms with van der Waals surface area (Å²) < 4.78 is 38.7. The Kier molecular flexibility index (Phi) is 6.61. The minimum atomic E-state index is -4.54. The van der Waals surface area contributed by atoms with Crippen LogP contribution in [0.1, 0.15) is 26.5 Å². The molecule has 0 saturated carbocycles. The summed E-state index contributed by atoms with van der Waals surface area (Å²) in [7, 11) is 3.59. The number of carbonyl (C=O) groups is 2. The van der Waals surface area contributed by atoms with Gasteiger partial charge in [0, 0.05) is 17.6 Å². The molecule has 2 heterocycles. The van der Waals surface area contributed by atoms with Crippen molar-refractivity contribution in [3.8, 4) is 0 Å². The lowest BCUT2D eigenvalue weighted by Crippen LogP contribution is -2.27. The highest BCUT2D eigenvalue weighted by molar-refractivity contribution is 7.20. The van der Waals surface area contributed by atoms with Gasteiger partial charge in [-0.25, -0.2) is 4.98 Å². The van der Waals surface area contributed by atoms with E-state index >= 15 is 0 Å². The zero-order valence-corrected chi connectivity index (χ0v) is 17.9. The number of likely N-dealkylation sites (N-methyl/N-ethyl adjacent to an activating group) is 1. The van der Waals surface area contributed by atoms with E-state index in [0.717, 1.165) is 23.0 Å². The standard InChI is InChI=1S/C21H21F3N4O2S/c1-12-15-7-8-16(21(22,23)24)27-20(15)31-18(12)19(30)25-10-13-5-4-6-14(9-13)26-17(29)11-28(2)3/h4-9H,10-11H2,1-3H3,(H,25,30)(H,26,29). The SMILES string of the molecule is Cc1c(C(=O)NCc2cccc(NC(=O)CN(C)C)c2)sc2nc(C(F)(F)F)ccc12. The molecule has 0 bridgehead atoms. The lowest BCUT2D eigenvalue weighted by Gasteiger charge is -2.11.